The minimum Gasteiger partial charge on any atom is -0.298 e. The topological polar surface area (TPSA) is 17.1 Å². The maximum Gasteiger partial charge on any atom is 0.416 e. The first-order valence-corrected chi connectivity index (χ1v) is 5.35. The van der Waals surface area contributed by atoms with Crippen LogP contribution in [-0.2, 0) is 6.18 Å². The first-order valence-electron chi connectivity index (χ1n) is 5.35. The van der Waals surface area contributed by atoms with Gasteiger partial charge in [-0.1, -0.05) is 24.3 Å². The van der Waals surface area contributed by atoms with Crippen LogP contribution in [0.25, 0.3) is 11.1 Å². The Morgan fingerprint density at radius 3 is 2.32 bits per heavy atom. The smallest absolute Gasteiger partial charge is 0.298 e. The number of halogens is 4. The van der Waals surface area contributed by atoms with Gasteiger partial charge in [-0.25, -0.2) is 4.39 Å². The average Bonchev–Trinajstić information content (AvgIpc) is 2.38. The largest absolute Gasteiger partial charge is 0.416 e. The third-order valence-electron chi connectivity index (χ3n) is 2.66. The van der Waals surface area contributed by atoms with Gasteiger partial charge in [0.1, 0.15) is 5.82 Å². The van der Waals surface area contributed by atoms with E-state index in [1.165, 1.54) is 30.3 Å². The van der Waals surface area contributed by atoms with Crippen LogP contribution in [0.1, 0.15) is 15.9 Å². The highest BCUT2D eigenvalue weighted by Gasteiger charge is 2.30. The van der Waals surface area contributed by atoms with Crippen molar-refractivity contribution in [2.24, 2.45) is 0 Å². The summed E-state index contributed by atoms with van der Waals surface area (Å²) < 4.78 is 51.6. The number of carbonyl (C=O) groups is 1. The molecule has 0 bridgehead atoms. The number of alkyl halides is 3. The van der Waals surface area contributed by atoms with Crippen LogP contribution in [0, 0.1) is 5.82 Å². The molecule has 0 saturated carbocycles. The van der Waals surface area contributed by atoms with Gasteiger partial charge < -0.3 is 0 Å². The maximum atomic E-state index is 13.9. The van der Waals surface area contributed by atoms with Crippen LogP contribution in [-0.4, -0.2) is 6.29 Å². The quantitative estimate of drug-likeness (QED) is 0.585. The third kappa shape index (κ3) is 2.65. The van der Waals surface area contributed by atoms with Gasteiger partial charge >= 0.3 is 6.18 Å². The highest BCUT2D eigenvalue weighted by molar-refractivity contribution is 5.79. The van der Waals surface area contributed by atoms with Gasteiger partial charge in [0, 0.05) is 5.56 Å². The van der Waals surface area contributed by atoms with Gasteiger partial charge in [0.2, 0.25) is 0 Å². The molecule has 0 aliphatic rings. The SMILES string of the molecule is O=Cc1cccc(-c2cccc(C(F)(F)F)c2)c1F. The van der Waals surface area contributed by atoms with Crippen molar-refractivity contribution in [3.8, 4) is 11.1 Å². The fraction of sp³-hybridized carbons (Fsp3) is 0.0714. The molecule has 19 heavy (non-hydrogen) atoms. The van der Waals surface area contributed by atoms with E-state index >= 15 is 0 Å². The minimum atomic E-state index is -4.49. The molecular formula is C14H8F4O. The van der Waals surface area contributed by atoms with E-state index in [0.717, 1.165) is 12.1 Å². The van der Waals surface area contributed by atoms with Gasteiger partial charge in [0.05, 0.1) is 11.1 Å². The molecule has 5 heteroatoms. The van der Waals surface area contributed by atoms with E-state index in [1.54, 1.807) is 0 Å². The van der Waals surface area contributed by atoms with Crippen LogP contribution in [0.2, 0.25) is 0 Å². The molecule has 0 spiro atoms. The summed E-state index contributed by atoms with van der Waals surface area (Å²) in [5.74, 6) is -0.822. The lowest BCUT2D eigenvalue weighted by Gasteiger charge is -2.10. The van der Waals surface area contributed by atoms with Crippen molar-refractivity contribution in [2.75, 3.05) is 0 Å². The summed E-state index contributed by atoms with van der Waals surface area (Å²) in [7, 11) is 0. The molecule has 2 aromatic carbocycles. The summed E-state index contributed by atoms with van der Waals surface area (Å²) in [5.41, 5.74) is -0.998. The summed E-state index contributed by atoms with van der Waals surface area (Å²) in [4.78, 5) is 10.6. The molecule has 0 saturated heterocycles. The summed E-state index contributed by atoms with van der Waals surface area (Å²) in [5, 5.41) is 0. The molecular weight excluding hydrogens is 260 g/mol. The lowest BCUT2D eigenvalue weighted by atomic mass is 10.0. The summed E-state index contributed by atoms with van der Waals surface area (Å²) >= 11 is 0. The van der Waals surface area contributed by atoms with Crippen molar-refractivity contribution in [2.45, 2.75) is 6.18 Å². The fourth-order valence-electron chi connectivity index (χ4n) is 1.73. The predicted molar refractivity (Wildman–Crippen MR) is 62.2 cm³/mol. The summed E-state index contributed by atoms with van der Waals surface area (Å²) in [6.45, 7) is 0. The van der Waals surface area contributed by atoms with Crippen LogP contribution in [0.15, 0.2) is 42.5 Å². The van der Waals surface area contributed by atoms with Gasteiger partial charge in [-0.15, -0.1) is 0 Å². The Bertz CT molecular complexity index is 617. The molecule has 2 aromatic rings. The molecule has 0 radical (unpaired) electrons. The second kappa shape index (κ2) is 4.84. The van der Waals surface area contributed by atoms with E-state index in [1.807, 2.05) is 0 Å². The number of hydrogen-bond donors (Lipinski definition) is 0. The molecule has 1 nitrogen and oxygen atoms in total. The number of rotatable bonds is 2. The van der Waals surface area contributed by atoms with Gasteiger partial charge in [-0.3, -0.25) is 4.79 Å². The second-order valence-corrected chi connectivity index (χ2v) is 3.91. The van der Waals surface area contributed by atoms with Crippen LogP contribution in [0.3, 0.4) is 0 Å². The number of aldehydes is 1. The Morgan fingerprint density at radius 2 is 1.68 bits per heavy atom. The average molecular weight is 268 g/mol. The summed E-state index contributed by atoms with van der Waals surface area (Å²) in [6.07, 6.45) is -4.17. The normalized spacial score (nSPS) is 11.4. The Balaban J connectivity index is 2.57. The number of carbonyl (C=O) groups excluding carboxylic acids is 1. The first kappa shape index (κ1) is 13.3. The van der Waals surface area contributed by atoms with Gasteiger partial charge in [-0.05, 0) is 23.8 Å². The van der Waals surface area contributed by atoms with Crippen LogP contribution >= 0.6 is 0 Å². The monoisotopic (exact) mass is 268 g/mol. The van der Waals surface area contributed by atoms with Crippen molar-refractivity contribution in [1.82, 2.24) is 0 Å². The van der Waals surface area contributed by atoms with Crippen LogP contribution < -0.4 is 0 Å². The van der Waals surface area contributed by atoms with E-state index in [0.29, 0.717) is 6.29 Å². The molecule has 0 aliphatic carbocycles. The van der Waals surface area contributed by atoms with Crippen molar-refractivity contribution >= 4 is 6.29 Å². The van der Waals surface area contributed by atoms with E-state index in [4.69, 9.17) is 0 Å². The van der Waals surface area contributed by atoms with Crippen LogP contribution in [0.4, 0.5) is 17.6 Å². The van der Waals surface area contributed by atoms with E-state index in [-0.39, 0.29) is 16.7 Å². The van der Waals surface area contributed by atoms with Crippen molar-refractivity contribution in [3.05, 3.63) is 59.4 Å². The van der Waals surface area contributed by atoms with Gasteiger partial charge in [0.25, 0.3) is 0 Å². The lowest BCUT2D eigenvalue weighted by molar-refractivity contribution is -0.137. The zero-order valence-electron chi connectivity index (χ0n) is 9.54. The zero-order chi connectivity index (χ0) is 14.0. The first-order chi connectivity index (χ1) is 8.93. The molecule has 0 amide bonds. The van der Waals surface area contributed by atoms with Crippen LogP contribution in [0.5, 0.6) is 0 Å². The van der Waals surface area contributed by atoms with E-state index in [2.05, 4.69) is 0 Å². The Hall–Kier alpha value is -2.17. The van der Waals surface area contributed by atoms with E-state index in [9.17, 15) is 22.4 Å². The predicted octanol–water partition coefficient (Wildman–Crippen LogP) is 4.32. The van der Waals surface area contributed by atoms with Gasteiger partial charge in [-0.2, -0.15) is 13.2 Å². The second-order valence-electron chi connectivity index (χ2n) is 3.91. The zero-order valence-corrected chi connectivity index (χ0v) is 9.54. The van der Waals surface area contributed by atoms with E-state index < -0.39 is 17.6 Å². The van der Waals surface area contributed by atoms with Crippen molar-refractivity contribution in [1.29, 1.82) is 0 Å². The lowest BCUT2D eigenvalue weighted by Crippen LogP contribution is -2.04. The van der Waals surface area contributed by atoms with Crippen molar-refractivity contribution < 1.29 is 22.4 Å². The molecule has 0 aliphatic heterocycles. The Labute approximate surface area is 106 Å². The molecule has 2 rings (SSSR count). The number of hydrogen-bond acceptors (Lipinski definition) is 1. The number of benzene rings is 2. The maximum absolute atomic E-state index is 13.9. The fourth-order valence-corrected chi connectivity index (χ4v) is 1.73. The minimum absolute atomic E-state index is 0.0318. The Kier molecular flexibility index (Phi) is 3.38. The molecule has 0 heterocycles. The van der Waals surface area contributed by atoms with Crippen molar-refractivity contribution in [3.63, 3.8) is 0 Å². The Morgan fingerprint density at radius 1 is 1.00 bits per heavy atom. The standard InChI is InChI=1S/C14H8F4O/c15-13-10(8-19)4-2-6-12(13)9-3-1-5-11(7-9)14(16,17)18/h1-8H. The molecule has 0 N–H and O–H groups in total. The summed E-state index contributed by atoms with van der Waals surface area (Å²) in [6, 6.07) is 8.34. The molecule has 0 unspecified atom stereocenters. The highest BCUT2D eigenvalue weighted by atomic mass is 19.4. The molecule has 0 aromatic heterocycles. The van der Waals surface area contributed by atoms with Gasteiger partial charge in [0.15, 0.2) is 6.29 Å². The molecule has 98 valence electrons. The molecule has 0 fully saturated rings. The third-order valence-corrected chi connectivity index (χ3v) is 2.66. The molecule has 0 atom stereocenters. The highest BCUT2D eigenvalue weighted by Crippen LogP contribution is 2.33.